The van der Waals surface area contributed by atoms with Crippen molar-refractivity contribution in [2.45, 2.75) is 26.2 Å². The van der Waals surface area contributed by atoms with Gasteiger partial charge in [-0.25, -0.2) is 4.98 Å². The monoisotopic (exact) mass is 251 g/mol. The molecule has 1 aliphatic heterocycles. The van der Waals surface area contributed by atoms with E-state index in [-0.39, 0.29) is 0 Å². The summed E-state index contributed by atoms with van der Waals surface area (Å²) in [4.78, 5) is 8.32. The van der Waals surface area contributed by atoms with Crippen LogP contribution in [0, 0.1) is 5.92 Å². The molecule has 0 amide bonds. The van der Waals surface area contributed by atoms with Gasteiger partial charge in [-0.05, 0) is 25.8 Å². The van der Waals surface area contributed by atoms with Gasteiger partial charge in [-0.15, -0.1) is 0 Å². The molecule has 1 atom stereocenters. The van der Waals surface area contributed by atoms with Crippen LogP contribution >= 0.6 is 0 Å². The van der Waals surface area contributed by atoms with Crippen molar-refractivity contribution >= 4 is 0 Å². The first-order valence-electron chi connectivity index (χ1n) is 6.68. The molecule has 1 aliphatic rings. The minimum Gasteiger partial charge on any atom is -0.478 e. The molecular weight excluding hydrogens is 230 g/mol. The van der Waals surface area contributed by atoms with Crippen molar-refractivity contribution in [1.29, 1.82) is 0 Å². The van der Waals surface area contributed by atoms with Crippen molar-refractivity contribution in [3.05, 3.63) is 12.3 Å². The van der Waals surface area contributed by atoms with Gasteiger partial charge in [-0.2, -0.15) is 4.98 Å². The van der Waals surface area contributed by atoms with Crippen LogP contribution in [0.25, 0.3) is 0 Å². The van der Waals surface area contributed by atoms with Crippen LogP contribution in [0.3, 0.4) is 0 Å². The van der Waals surface area contributed by atoms with Crippen molar-refractivity contribution in [2.24, 2.45) is 5.92 Å². The van der Waals surface area contributed by atoms with Crippen molar-refractivity contribution in [3.63, 3.8) is 0 Å². The zero-order valence-corrected chi connectivity index (χ0v) is 10.9. The molecule has 100 valence electrons. The predicted octanol–water partition coefficient (Wildman–Crippen LogP) is 1.64. The maximum atomic E-state index is 5.62. The zero-order valence-electron chi connectivity index (χ0n) is 10.9. The third-order valence-electron chi connectivity index (χ3n) is 2.91. The summed E-state index contributed by atoms with van der Waals surface area (Å²) in [5.74, 6) is 1.14. The van der Waals surface area contributed by atoms with Crippen LogP contribution in [0.15, 0.2) is 12.3 Å². The van der Waals surface area contributed by atoms with E-state index in [1.54, 1.807) is 12.3 Å². The average molecular weight is 251 g/mol. The number of rotatable bonds is 6. The fraction of sp³-hybridized carbons (Fsp3) is 0.692. The summed E-state index contributed by atoms with van der Waals surface area (Å²) in [5, 5.41) is 3.36. The highest BCUT2D eigenvalue weighted by Crippen LogP contribution is 2.14. The Morgan fingerprint density at radius 1 is 1.44 bits per heavy atom. The van der Waals surface area contributed by atoms with Crippen LogP contribution in [0.2, 0.25) is 0 Å². The second-order valence-electron chi connectivity index (χ2n) is 4.55. The first-order chi connectivity index (χ1) is 8.88. The molecular formula is C13H21N3O2. The Kier molecular flexibility index (Phi) is 5.20. The van der Waals surface area contributed by atoms with E-state index >= 15 is 0 Å². The summed E-state index contributed by atoms with van der Waals surface area (Å²) in [5.41, 5.74) is 0. The van der Waals surface area contributed by atoms with Gasteiger partial charge in [0.2, 0.25) is 5.88 Å². The Balaban J connectivity index is 1.80. The smallest absolute Gasteiger partial charge is 0.319 e. The summed E-state index contributed by atoms with van der Waals surface area (Å²) in [6.07, 6.45) is 5.06. The van der Waals surface area contributed by atoms with Gasteiger partial charge in [0.25, 0.3) is 0 Å². The molecule has 1 aromatic rings. The number of hydrogen-bond donors (Lipinski definition) is 1. The summed E-state index contributed by atoms with van der Waals surface area (Å²) in [7, 11) is 0. The average Bonchev–Trinajstić information content (AvgIpc) is 2.44. The van der Waals surface area contributed by atoms with Crippen molar-refractivity contribution in [3.8, 4) is 11.9 Å². The molecule has 5 nitrogen and oxygen atoms in total. The molecule has 2 rings (SSSR count). The Morgan fingerprint density at radius 2 is 2.39 bits per heavy atom. The standard InChI is InChI=1S/C13H21N3O2/c1-2-8-17-12-5-7-15-13(16-12)18-10-11-4-3-6-14-9-11/h5,7,11,14H,2-4,6,8-10H2,1H3. The SMILES string of the molecule is CCCOc1ccnc(OCC2CCCNC2)n1. The number of nitrogens with zero attached hydrogens (tertiary/aromatic N) is 2. The molecule has 0 aromatic carbocycles. The first kappa shape index (κ1) is 13.1. The lowest BCUT2D eigenvalue weighted by atomic mass is 10.0. The van der Waals surface area contributed by atoms with Gasteiger partial charge >= 0.3 is 6.01 Å². The highest BCUT2D eigenvalue weighted by atomic mass is 16.5. The Labute approximate surface area is 108 Å². The molecule has 0 radical (unpaired) electrons. The lowest BCUT2D eigenvalue weighted by Gasteiger charge is -2.22. The Bertz CT molecular complexity index is 354. The minimum atomic E-state index is 0.411. The van der Waals surface area contributed by atoms with Crippen LogP contribution < -0.4 is 14.8 Å². The molecule has 1 saturated heterocycles. The van der Waals surface area contributed by atoms with E-state index in [0.717, 1.165) is 19.5 Å². The van der Waals surface area contributed by atoms with E-state index in [9.17, 15) is 0 Å². The number of nitrogens with one attached hydrogen (secondary N) is 1. The largest absolute Gasteiger partial charge is 0.478 e. The van der Waals surface area contributed by atoms with Crippen LogP contribution in [-0.2, 0) is 0 Å². The molecule has 1 unspecified atom stereocenters. The van der Waals surface area contributed by atoms with Gasteiger partial charge in [0.1, 0.15) is 0 Å². The van der Waals surface area contributed by atoms with Gasteiger partial charge in [0.05, 0.1) is 13.2 Å². The fourth-order valence-corrected chi connectivity index (χ4v) is 1.94. The number of aromatic nitrogens is 2. The van der Waals surface area contributed by atoms with E-state index in [1.165, 1.54) is 12.8 Å². The van der Waals surface area contributed by atoms with E-state index in [2.05, 4.69) is 22.2 Å². The maximum Gasteiger partial charge on any atom is 0.319 e. The van der Waals surface area contributed by atoms with Crippen LogP contribution in [-0.4, -0.2) is 36.3 Å². The van der Waals surface area contributed by atoms with Gasteiger partial charge in [0, 0.05) is 24.7 Å². The van der Waals surface area contributed by atoms with Crippen LogP contribution in [0.1, 0.15) is 26.2 Å². The lowest BCUT2D eigenvalue weighted by Crippen LogP contribution is -2.33. The minimum absolute atomic E-state index is 0.411. The van der Waals surface area contributed by atoms with Crippen molar-refractivity contribution in [2.75, 3.05) is 26.3 Å². The Morgan fingerprint density at radius 3 is 3.17 bits per heavy atom. The third-order valence-corrected chi connectivity index (χ3v) is 2.91. The van der Waals surface area contributed by atoms with E-state index in [4.69, 9.17) is 9.47 Å². The van der Waals surface area contributed by atoms with Gasteiger partial charge in [-0.1, -0.05) is 6.92 Å². The Hall–Kier alpha value is -1.36. The molecule has 5 heteroatoms. The molecule has 2 heterocycles. The first-order valence-corrected chi connectivity index (χ1v) is 6.68. The molecule has 0 aliphatic carbocycles. The summed E-state index contributed by atoms with van der Waals surface area (Å²) >= 11 is 0. The topological polar surface area (TPSA) is 56.3 Å². The second kappa shape index (κ2) is 7.16. The van der Waals surface area contributed by atoms with Gasteiger partial charge < -0.3 is 14.8 Å². The summed E-state index contributed by atoms with van der Waals surface area (Å²) in [6, 6.07) is 2.17. The normalized spacial score (nSPS) is 19.5. The van der Waals surface area contributed by atoms with Gasteiger partial charge in [-0.3, -0.25) is 0 Å². The predicted molar refractivity (Wildman–Crippen MR) is 68.9 cm³/mol. The molecule has 0 saturated carbocycles. The lowest BCUT2D eigenvalue weighted by molar-refractivity contribution is 0.201. The zero-order chi connectivity index (χ0) is 12.6. The molecule has 1 aromatic heterocycles. The summed E-state index contributed by atoms with van der Waals surface area (Å²) < 4.78 is 11.1. The second-order valence-corrected chi connectivity index (χ2v) is 4.55. The molecule has 1 N–H and O–H groups in total. The van der Waals surface area contributed by atoms with E-state index in [0.29, 0.717) is 31.0 Å². The molecule has 18 heavy (non-hydrogen) atoms. The van der Waals surface area contributed by atoms with Gasteiger partial charge in [0.15, 0.2) is 0 Å². The molecule has 1 fully saturated rings. The number of ether oxygens (including phenoxy) is 2. The fourth-order valence-electron chi connectivity index (χ4n) is 1.94. The number of piperidine rings is 1. The number of hydrogen-bond acceptors (Lipinski definition) is 5. The van der Waals surface area contributed by atoms with E-state index in [1.807, 2.05) is 0 Å². The highest BCUT2D eigenvalue weighted by molar-refractivity contribution is 5.11. The molecule has 0 bridgehead atoms. The van der Waals surface area contributed by atoms with Crippen molar-refractivity contribution in [1.82, 2.24) is 15.3 Å². The van der Waals surface area contributed by atoms with Crippen molar-refractivity contribution < 1.29 is 9.47 Å². The quantitative estimate of drug-likeness (QED) is 0.833. The summed E-state index contributed by atoms with van der Waals surface area (Å²) in [6.45, 7) is 5.54. The molecule has 0 spiro atoms. The van der Waals surface area contributed by atoms with Crippen LogP contribution in [0.5, 0.6) is 11.9 Å². The highest BCUT2D eigenvalue weighted by Gasteiger charge is 2.14. The van der Waals surface area contributed by atoms with E-state index < -0.39 is 0 Å². The van der Waals surface area contributed by atoms with Crippen LogP contribution in [0.4, 0.5) is 0 Å². The maximum absolute atomic E-state index is 5.62. The third kappa shape index (κ3) is 4.14.